The second-order valence-corrected chi connectivity index (χ2v) is 12.7. The Morgan fingerprint density at radius 3 is 2.63 bits per heavy atom. The molecule has 3 aromatic rings. The van der Waals surface area contributed by atoms with Crippen molar-refractivity contribution in [3.63, 3.8) is 0 Å². The number of hydrogen-bond acceptors (Lipinski definition) is 8. The molecule has 228 valence electrons. The fraction of sp³-hybridized carbons (Fsp3) is 0.484. The van der Waals surface area contributed by atoms with Gasteiger partial charge in [-0.25, -0.2) is 14.3 Å². The molecule has 0 bridgehead atoms. The Kier molecular flexibility index (Phi) is 8.61. The maximum atomic E-state index is 13.2. The Hall–Kier alpha value is -4.16. The fourth-order valence-corrected chi connectivity index (χ4v) is 5.40. The zero-order valence-electron chi connectivity index (χ0n) is 25.4. The van der Waals surface area contributed by atoms with E-state index in [1.807, 2.05) is 43.8 Å². The van der Waals surface area contributed by atoms with E-state index >= 15 is 0 Å². The van der Waals surface area contributed by atoms with Gasteiger partial charge in [-0.3, -0.25) is 4.79 Å². The lowest BCUT2D eigenvalue weighted by molar-refractivity contribution is -0.424. The van der Waals surface area contributed by atoms with Crippen molar-refractivity contribution in [2.75, 3.05) is 18.4 Å². The summed E-state index contributed by atoms with van der Waals surface area (Å²) in [6.07, 6.45) is 12.6. The zero-order valence-corrected chi connectivity index (χ0v) is 25.4. The minimum Gasteiger partial charge on any atom is -0.444 e. The van der Waals surface area contributed by atoms with Crippen molar-refractivity contribution in [1.29, 1.82) is 0 Å². The Balaban J connectivity index is 1.22. The first kappa shape index (κ1) is 30.3. The number of benzene rings is 1. The number of ether oxygens (including phenoxy) is 1. The summed E-state index contributed by atoms with van der Waals surface area (Å²) in [4.78, 5) is 29.3. The average Bonchev–Trinajstić information content (AvgIpc) is 3.53. The van der Waals surface area contributed by atoms with Gasteiger partial charge in [0, 0.05) is 53.8 Å². The van der Waals surface area contributed by atoms with Crippen LogP contribution in [-0.2, 0) is 10.3 Å². The van der Waals surface area contributed by atoms with Gasteiger partial charge in [0.05, 0.1) is 17.0 Å². The average molecular weight is 590 g/mol. The fourth-order valence-electron chi connectivity index (χ4n) is 5.40. The first-order valence-corrected chi connectivity index (χ1v) is 14.8. The van der Waals surface area contributed by atoms with Crippen LogP contribution in [-0.4, -0.2) is 67.3 Å². The molecule has 1 aromatic carbocycles. The molecule has 1 aliphatic heterocycles. The number of carbonyl (C=O) groups is 2. The highest BCUT2D eigenvalue weighted by molar-refractivity contribution is 6.08. The minimum atomic E-state index is -1.21. The highest BCUT2D eigenvalue weighted by atomic mass is 16.6. The number of fused-ring (bicyclic) bond motifs is 2. The van der Waals surface area contributed by atoms with Crippen molar-refractivity contribution in [2.45, 2.75) is 77.5 Å². The summed E-state index contributed by atoms with van der Waals surface area (Å²) in [5.41, 5.74) is 0.157. The highest BCUT2D eigenvalue weighted by Crippen LogP contribution is 2.27. The van der Waals surface area contributed by atoms with Crippen LogP contribution in [0.25, 0.3) is 11.8 Å². The van der Waals surface area contributed by atoms with Crippen molar-refractivity contribution in [2.24, 2.45) is 11.0 Å². The predicted molar refractivity (Wildman–Crippen MR) is 162 cm³/mol. The number of hydrogen-bond donors (Lipinski definition) is 4. The molecule has 0 atom stereocenters. The maximum Gasteiger partial charge on any atom is 0.407 e. The van der Waals surface area contributed by atoms with Gasteiger partial charge in [-0.2, -0.15) is 5.10 Å². The van der Waals surface area contributed by atoms with E-state index in [-0.39, 0.29) is 5.91 Å². The van der Waals surface area contributed by atoms with E-state index in [2.05, 4.69) is 32.2 Å². The molecule has 3 heterocycles. The minimum absolute atomic E-state index is 0.343. The summed E-state index contributed by atoms with van der Waals surface area (Å²) >= 11 is 0. The van der Waals surface area contributed by atoms with Crippen molar-refractivity contribution >= 4 is 35.7 Å². The number of aliphatic hydroxyl groups is 1. The number of carbonyl (C=O) groups excluding carboxylic acids is 2. The highest BCUT2D eigenvalue weighted by Gasteiger charge is 2.27. The van der Waals surface area contributed by atoms with Crippen molar-refractivity contribution < 1.29 is 24.1 Å². The molecule has 0 unspecified atom stereocenters. The first-order chi connectivity index (χ1) is 20.4. The summed E-state index contributed by atoms with van der Waals surface area (Å²) in [5, 5.41) is 30.8. The van der Waals surface area contributed by atoms with Gasteiger partial charge < -0.3 is 25.8 Å². The monoisotopic (exact) mass is 589 g/mol. The number of anilines is 1. The van der Waals surface area contributed by atoms with E-state index in [4.69, 9.17) is 9.84 Å². The second-order valence-electron chi connectivity index (χ2n) is 12.7. The maximum absolute atomic E-state index is 13.2. The molecule has 1 aliphatic carbocycles. The number of aromatic nitrogens is 3. The summed E-state index contributed by atoms with van der Waals surface area (Å²) in [5.74, 6) is 0.0202. The van der Waals surface area contributed by atoms with Crippen molar-refractivity contribution in [1.82, 2.24) is 25.2 Å². The van der Waals surface area contributed by atoms with Crippen LogP contribution in [0.1, 0.15) is 76.2 Å². The van der Waals surface area contributed by atoms with Crippen LogP contribution >= 0.6 is 0 Å². The van der Waals surface area contributed by atoms with Crippen LogP contribution < -0.4 is 26.5 Å². The second kappa shape index (κ2) is 12.2. The van der Waals surface area contributed by atoms with E-state index in [1.54, 1.807) is 36.8 Å². The molecule has 0 radical (unpaired) electrons. The third-order valence-electron chi connectivity index (χ3n) is 7.45. The lowest BCUT2D eigenvalue weighted by atomic mass is 9.87. The van der Waals surface area contributed by atoms with E-state index in [1.165, 1.54) is 6.20 Å². The van der Waals surface area contributed by atoms with Gasteiger partial charge in [-0.15, -0.1) is 0 Å². The van der Waals surface area contributed by atoms with Gasteiger partial charge in [-0.1, -0.05) is 4.68 Å². The summed E-state index contributed by atoms with van der Waals surface area (Å²) < 4.78 is 8.67. The summed E-state index contributed by atoms with van der Waals surface area (Å²) in [6.45, 7) is 10.1. The van der Waals surface area contributed by atoms with Gasteiger partial charge in [-0.05, 0) is 78.5 Å². The molecule has 12 heteroatoms. The van der Waals surface area contributed by atoms with Crippen LogP contribution in [0.2, 0.25) is 0 Å². The number of alkyl carbamates (subject to hydrolysis) is 1. The summed E-state index contributed by atoms with van der Waals surface area (Å²) in [6, 6.07) is 5.83. The standard InChI is InChI=1S/C31H40N8O4/c1-30(2,3)43-29(41)34-13-12-32-22-9-7-20(8-10-22)18-38-19-21-15-26(24(31(4,5)42)16-25(21)37-38)36-28(40)23-17-35-39-14-6-11-33-27(23)39/h6,11,14-20,22,32,42H,7-10,12-13H2,1-5H3,(H-,34,36,40,41)/p+1/b38-18+. The number of nitrogens with one attached hydrogen (secondary N) is 3. The lowest BCUT2D eigenvalue weighted by Crippen LogP contribution is -2.40. The Morgan fingerprint density at radius 2 is 1.91 bits per heavy atom. The normalized spacial score (nSPS) is 19.4. The molecular formula is C31H41N8O4+. The van der Waals surface area contributed by atoms with Crippen LogP contribution in [0.3, 0.4) is 0 Å². The Labute approximate surface area is 250 Å². The van der Waals surface area contributed by atoms with E-state index in [0.29, 0.717) is 47.5 Å². The van der Waals surface area contributed by atoms with Gasteiger partial charge >= 0.3 is 6.09 Å². The van der Waals surface area contributed by atoms with Crippen LogP contribution in [0.15, 0.2) is 41.9 Å². The molecule has 1 fully saturated rings. The molecule has 2 aromatic heterocycles. The third kappa shape index (κ3) is 7.63. The van der Waals surface area contributed by atoms with Crippen LogP contribution in [0, 0.1) is 5.92 Å². The van der Waals surface area contributed by atoms with Gasteiger partial charge in [0.1, 0.15) is 16.5 Å². The first-order valence-electron chi connectivity index (χ1n) is 14.8. The molecule has 2 amide bonds. The zero-order chi connectivity index (χ0) is 30.8. The van der Waals surface area contributed by atoms with Gasteiger partial charge in [0.2, 0.25) is 6.20 Å². The van der Waals surface area contributed by atoms with E-state index in [9.17, 15) is 14.7 Å². The molecule has 2 aliphatic rings. The molecule has 0 spiro atoms. The van der Waals surface area contributed by atoms with Crippen molar-refractivity contribution in [3.05, 3.63) is 58.5 Å². The quantitative estimate of drug-likeness (QED) is 0.233. The molecule has 0 saturated heterocycles. The molecule has 43 heavy (non-hydrogen) atoms. The molecule has 1 saturated carbocycles. The Bertz CT molecular complexity index is 1660. The van der Waals surface area contributed by atoms with E-state index < -0.39 is 17.3 Å². The van der Waals surface area contributed by atoms with Gasteiger partial charge in [0.25, 0.3) is 5.91 Å². The molecule has 5 rings (SSSR count). The topological polar surface area (TPSA) is 145 Å². The number of nitrogens with zero attached hydrogens (tertiary/aromatic N) is 5. The lowest BCUT2D eigenvalue weighted by Gasteiger charge is -2.26. The molecule has 4 N–H and O–H groups in total. The predicted octanol–water partition coefficient (Wildman–Crippen LogP) is 2.25. The number of rotatable bonds is 8. The van der Waals surface area contributed by atoms with Crippen molar-refractivity contribution in [3.8, 4) is 0 Å². The smallest absolute Gasteiger partial charge is 0.407 e. The summed E-state index contributed by atoms with van der Waals surface area (Å²) in [7, 11) is 0. The third-order valence-corrected chi connectivity index (χ3v) is 7.45. The van der Waals surface area contributed by atoms with Gasteiger partial charge in [0.15, 0.2) is 11.9 Å². The number of amides is 2. The van der Waals surface area contributed by atoms with Crippen LogP contribution in [0.5, 0.6) is 0 Å². The largest absolute Gasteiger partial charge is 0.444 e. The van der Waals surface area contributed by atoms with E-state index in [0.717, 1.165) is 36.3 Å². The molecular weight excluding hydrogens is 548 g/mol. The Morgan fingerprint density at radius 1 is 1.14 bits per heavy atom. The SMILES string of the molecule is CC(C)(C)OC(=O)NCCNC1CCC(/C=[N+]2\C=c3cc(NC(=O)c4cnn5cccnc45)c(C(C)(C)O)cc3=N2)CC1. The molecule has 12 nitrogen and oxygen atoms in total. The van der Waals surface area contributed by atoms with Crippen LogP contribution in [0.4, 0.5) is 10.5 Å².